The second-order valence-corrected chi connectivity index (χ2v) is 6.25. The van der Waals surface area contributed by atoms with Crippen molar-refractivity contribution >= 4 is 23.2 Å². The fourth-order valence-electron chi connectivity index (χ4n) is 2.82. The molecule has 1 aliphatic heterocycles. The number of hydrogen-bond acceptors (Lipinski definition) is 3. The Hall–Kier alpha value is -1.36. The highest BCUT2D eigenvalue weighted by Gasteiger charge is 2.48. The van der Waals surface area contributed by atoms with E-state index in [1.807, 2.05) is 38.3 Å². The molecule has 5 heteroatoms. The van der Waals surface area contributed by atoms with Crippen molar-refractivity contribution in [2.24, 2.45) is 0 Å². The van der Waals surface area contributed by atoms with Crippen LogP contribution >= 0.6 is 11.3 Å². The first-order valence-electron chi connectivity index (χ1n) is 7.23. The Bertz CT molecular complexity index is 480. The monoisotopic (exact) mass is 294 g/mol. The SMILES string of the molecule is CCC1C(=O)NC(CC)(CC)C(=O)N1Cc1cccs1. The van der Waals surface area contributed by atoms with Crippen molar-refractivity contribution in [3.63, 3.8) is 0 Å². The zero-order valence-electron chi connectivity index (χ0n) is 12.3. The van der Waals surface area contributed by atoms with Crippen LogP contribution in [0.25, 0.3) is 0 Å². The Labute approximate surface area is 124 Å². The van der Waals surface area contributed by atoms with E-state index < -0.39 is 5.54 Å². The predicted molar refractivity (Wildman–Crippen MR) is 80.4 cm³/mol. The Morgan fingerprint density at radius 2 is 2.00 bits per heavy atom. The molecule has 0 aromatic carbocycles. The van der Waals surface area contributed by atoms with Crippen LogP contribution in [0.15, 0.2) is 17.5 Å². The Morgan fingerprint density at radius 1 is 1.30 bits per heavy atom. The molecule has 0 saturated carbocycles. The zero-order chi connectivity index (χ0) is 14.8. The molecule has 20 heavy (non-hydrogen) atoms. The molecule has 0 bridgehead atoms. The van der Waals surface area contributed by atoms with Crippen LogP contribution in [0.2, 0.25) is 0 Å². The Morgan fingerprint density at radius 3 is 2.50 bits per heavy atom. The van der Waals surface area contributed by atoms with E-state index in [0.29, 0.717) is 25.8 Å². The van der Waals surface area contributed by atoms with Gasteiger partial charge in [-0.3, -0.25) is 9.59 Å². The van der Waals surface area contributed by atoms with Crippen molar-refractivity contribution in [2.75, 3.05) is 0 Å². The molecular weight excluding hydrogens is 272 g/mol. The first kappa shape index (κ1) is 15.0. The lowest BCUT2D eigenvalue weighted by molar-refractivity contribution is -0.156. The van der Waals surface area contributed by atoms with E-state index in [9.17, 15) is 9.59 Å². The van der Waals surface area contributed by atoms with Gasteiger partial charge in [-0.25, -0.2) is 0 Å². The molecule has 1 unspecified atom stereocenters. The number of carbonyl (C=O) groups excluding carboxylic acids is 2. The fourth-order valence-corrected chi connectivity index (χ4v) is 3.52. The maximum Gasteiger partial charge on any atom is 0.249 e. The van der Waals surface area contributed by atoms with Gasteiger partial charge in [-0.1, -0.05) is 26.8 Å². The summed E-state index contributed by atoms with van der Waals surface area (Å²) in [5, 5.41) is 4.96. The first-order valence-corrected chi connectivity index (χ1v) is 8.11. The van der Waals surface area contributed by atoms with E-state index in [4.69, 9.17) is 0 Å². The van der Waals surface area contributed by atoms with E-state index in [0.717, 1.165) is 4.88 Å². The molecule has 1 aromatic heterocycles. The summed E-state index contributed by atoms with van der Waals surface area (Å²) in [6.07, 6.45) is 1.91. The van der Waals surface area contributed by atoms with Crippen molar-refractivity contribution in [1.82, 2.24) is 10.2 Å². The molecule has 1 fully saturated rings. The summed E-state index contributed by atoms with van der Waals surface area (Å²) in [6, 6.07) is 3.63. The maximum atomic E-state index is 12.9. The van der Waals surface area contributed by atoms with Gasteiger partial charge in [0.1, 0.15) is 11.6 Å². The molecule has 2 heterocycles. The standard InChI is InChI=1S/C15H22N2O2S/c1-4-12-13(18)16-15(5-2,6-3)14(19)17(12)10-11-8-7-9-20-11/h7-9,12H,4-6,10H2,1-3H3,(H,16,18). The lowest BCUT2D eigenvalue weighted by Crippen LogP contribution is -2.69. The van der Waals surface area contributed by atoms with Gasteiger partial charge < -0.3 is 10.2 Å². The summed E-state index contributed by atoms with van der Waals surface area (Å²) in [5.74, 6) is 0.0368. The number of thiophene rings is 1. The van der Waals surface area contributed by atoms with Crippen LogP contribution in [0.5, 0.6) is 0 Å². The molecule has 4 nitrogen and oxygen atoms in total. The third kappa shape index (κ3) is 2.46. The molecular formula is C15H22N2O2S. The summed E-state index contributed by atoms with van der Waals surface area (Å²) < 4.78 is 0. The second kappa shape index (κ2) is 5.95. The third-order valence-electron chi connectivity index (χ3n) is 4.21. The molecule has 110 valence electrons. The van der Waals surface area contributed by atoms with Crippen LogP contribution in [0.1, 0.15) is 44.9 Å². The number of piperazine rings is 1. The molecule has 1 N–H and O–H groups in total. The maximum absolute atomic E-state index is 12.9. The summed E-state index contributed by atoms with van der Waals surface area (Å²) in [4.78, 5) is 28.1. The third-order valence-corrected chi connectivity index (χ3v) is 5.07. The van der Waals surface area contributed by atoms with Crippen LogP contribution in [0.3, 0.4) is 0 Å². The van der Waals surface area contributed by atoms with Crippen molar-refractivity contribution in [3.8, 4) is 0 Å². The minimum absolute atomic E-state index is 0.0210. The molecule has 1 aromatic rings. The van der Waals surface area contributed by atoms with E-state index in [2.05, 4.69) is 5.32 Å². The summed E-state index contributed by atoms with van der Waals surface area (Å²) in [6.45, 7) is 6.39. The lowest BCUT2D eigenvalue weighted by Gasteiger charge is -2.45. The zero-order valence-corrected chi connectivity index (χ0v) is 13.1. The van der Waals surface area contributed by atoms with Crippen LogP contribution in [0, 0.1) is 0 Å². The average Bonchev–Trinajstić information content (AvgIpc) is 2.96. The lowest BCUT2D eigenvalue weighted by atomic mass is 9.86. The number of hydrogen-bond donors (Lipinski definition) is 1. The van der Waals surface area contributed by atoms with Crippen molar-refractivity contribution < 1.29 is 9.59 Å². The molecule has 1 saturated heterocycles. The van der Waals surface area contributed by atoms with Crippen LogP contribution < -0.4 is 5.32 Å². The minimum atomic E-state index is -0.722. The van der Waals surface area contributed by atoms with Crippen molar-refractivity contribution in [3.05, 3.63) is 22.4 Å². The van der Waals surface area contributed by atoms with Gasteiger partial charge in [0.2, 0.25) is 11.8 Å². The van der Waals surface area contributed by atoms with Crippen LogP contribution in [-0.2, 0) is 16.1 Å². The topological polar surface area (TPSA) is 49.4 Å². The predicted octanol–water partition coefficient (Wildman–Crippen LogP) is 2.54. The number of amides is 2. The van der Waals surface area contributed by atoms with Gasteiger partial charge in [-0.2, -0.15) is 0 Å². The van der Waals surface area contributed by atoms with Gasteiger partial charge in [0.15, 0.2) is 0 Å². The Kier molecular flexibility index (Phi) is 4.48. The van der Waals surface area contributed by atoms with Crippen LogP contribution in [-0.4, -0.2) is 28.3 Å². The molecule has 2 rings (SSSR count). The number of carbonyl (C=O) groups is 2. The van der Waals surface area contributed by atoms with Gasteiger partial charge in [0, 0.05) is 4.88 Å². The summed E-state index contributed by atoms with van der Waals surface area (Å²) in [7, 11) is 0. The highest BCUT2D eigenvalue weighted by Crippen LogP contribution is 2.28. The molecule has 1 aliphatic rings. The normalized spacial score (nSPS) is 21.9. The van der Waals surface area contributed by atoms with Crippen molar-refractivity contribution in [2.45, 2.75) is 58.2 Å². The molecule has 2 amide bonds. The molecule has 0 radical (unpaired) electrons. The number of rotatable bonds is 5. The van der Waals surface area contributed by atoms with E-state index >= 15 is 0 Å². The van der Waals surface area contributed by atoms with Gasteiger partial charge in [-0.05, 0) is 30.7 Å². The average molecular weight is 294 g/mol. The number of nitrogens with one attached hydrogen (secondary N) is 1. The molecule has 0 spiro atoms. The van der Waals surface area contributed by atoms with Crippen LogP contribution in [0.4, 0.5) is 0 Å². The molecule has 0 aliphatic carbocycles. The highest BCUT2D eigenvalue weighted by molar-refractivity contribution is 7.09. The van der Waals surface area contributed by atoms with Gasteiger partial charge in [0.25, 0.3) is 0 Å². The van der Waals surface area contributed by atoms with E-state index in [1.165, 1.54) is 0 Å². The summed E-state index contributed by atoms with van der Waals surface area (Å²) >= 11 is 1.62. The molecule has 1 atom stereocenters. The summed E-state index contributed by atoms with van der Waals surface area (Å²) in [5.41, 5.74) is -0.722. The Balaban J connectivity index is 2.32. The quantitative estimate of drug-likeness (QED) is 0.907. The minimum Gasteiger partial charge on any atom is -0.340 e. The van der Waals surface area contributed by atoms with E-state index in [-0.39, 0.29) is 17.9 Å². The highest BCUT2D eigenvalue weighted by atomic mass is 32.1. The largest absolute Gasteiger partial charge is 0.340 e. The second-order valence-electron chi connectivity index (χ2n) is 5.21. The van der Waals surface area contributed by atoms with Gasteiger partial charge in [-0.15, -0.1) is 11.3 Å². The fraction of sp³-hybridized carbons (Fsp3) is 0.600. The van der Waals surface area contributed by atoms with Gasteiger partial charge >= 0.3 is 0 Å². The van der Waals surface area contributed by atoms with Crippen molar-refractivity contribution in [1.29, 1.82) is 0 Å². The van der Waals surface area contributed by atoms with Gasteiger partial charge in [0.05, 0.1) is 6.54 Å². The van der Waals surface area contributed by atoms with E-state index in [1.54, 1.807) is 16.2 Å². The smallest absolute Gasteiger partial charge is 0.249 e. The number of nitrogens with zero attached hydrogens (tertiary/aromatic N) is 1. The first-order chi connectivity index (χ1) is 9.57.